The van der Waals surface area contributed by atoms with Gasteiger partial charge >= 0.3 is 0 Å². The first-order valence-corrected chi connectivity index (χ1v) is 6.73. The second kappa shape index (κ2) is 4.59. The Morgan fingerprint density at radius 1 is 1.59 bits per heavy atom. The monoisotopic (exact) mass is 257 g/mol. The van der Waals surface area contributed by atoms with E-state index in [-0.39, 0.29) is 16.8 Å². The van der Waals surface area contributed by atoms with Gasteiger partial charge in [0.05, 0.1) is 6.10 Å². The first-order chi connectivity index (χ1) is 8.05. The van der Waals surface area contributed by atoms with Crippen molar-refractivity contribution >= 4 is 15.8 Å². The predicted octanol–water partition coefficient (Wildman–Crippen LogP) is 0.0732. The number of nitrogens with zero attached hydrogens (tertiary/aromatic N) is 2. The van der Waals surface area contributed by atoms with Gasteiger partial charge in [0.25, 0.3) is 0 Å². The van der Waals surface area contributed by atoms with E-state index in [0.717, 1.165) is 0 Å². The SMILES string of the molecule is COC1CCN(S(=O)(=O)c2cccnc2N)C1. The zero-order chi connectivity index (χ0) is 12.5. The Kier molecular flexibility index (Phi) is 3.32. The molecule has 0 aliphatic carbocycles. The van der Waals surface area contributed by atoms with Crippen LogP contribution in [0.3, 0.4) is 0 Å². The molecule has 1 atom stereocenters. The molecule has 1 saturated heterocycles. The van der Waals surface area contributed by atoms with Crippen LogP contribution in [0.15, 0.2) is 23.2 Å². The van der Waals surface area contributed by atoms with Crippen LogP contribution in [0.4, 0.5) is 5.82 Å². The molecule has 0 aromatic carbocycles. The number of nitrogen functional groups attached to an aromatic ring is 1. The number of methoxy groups -OCH3 is 1. The van der Waals surface area contributed by atoms with Crippen molar-refractivity contribution in [2.24, 2.45) is 0 Å². The van der Waals surface area contributed by atoms with Gasteiger partial charge in [-0.15, -0.1) is 0 Å². The summed E-state index contributed by atoms with van der Waals surface area (Å²) in [5.74, 6) is 0.0355. The Bertz CT molecular complexity index is 503. The fourth-order valence-corrected chi connectivity index (χ4v) is 3.42. The summed E-state index contributed by atoms with van der Waals surface area (Å²) in [7, 11) is -1.96. The molecular formula is C10H15N3O3S. The van der Waals surface area contributed by atoms with E-state index in [0.29, 0.717) is 19.5 Å². The van der Waals surface area contributed by atoms with E-state index in [1.165, 1.54) is 16.6 Å². The smallest absolute Gasteiger partial charge is 0.246 e. The minimum Gasteiger partial charge on any atom is -0.383 e. The molecule has 1 fully saturated rings. The van der Waals surface area contributed by atoms with E-state index in [2.05, 4.69) is 4.98 Å². The Balaban J connectivity index is 2.29. The second-order valence-electron chi connectivity index (χ2n) is 3.90. The quantitative estimate of drug-likeness (QED) is 0.828. The van der Waals surface area contributed by atoms with Crippen LogP contribution in [0, 0.1) is 0 Å². The summed E-state index contributed by atoms with van der Waals surface area (Å²) >= 11 is 0. The zero-order valence-corrected chi connectivity index (χ0v) is 10.4. The van der Waals surface area contributed by atoms with Gasteiger partial charge in [0.15, 0.2) is 0 Å². The molecule has 2 heterocycles. The van der Waals surface area contributed by atoms with Crippen LogP contribution in [-0.4, -0.2) is 44.0 Å². The number of hydrogen-bond donors (Lipinski definition) is 1. The average molecular weight is 257 g/mol. The summed E-state index contributed by atoms with van der Waals surface area (Å²) in [6.07, 6.45) is 2.13. The topological polar surface area (TPSA) is 85.5 Å². The van der Waals surface area contributed by atoms with Crippen molar-refractivity contribution in [1.29, 1.82) is 0 Å². The van der Waals surface area contributed by atoms with Crippen molar-refractivity contribution < 1.29 is 13.2 Å². The Morgan fingerprint density at radius 2 is 2.35 bits per heavy atom. The number of hydrogen-bond acceptors (Lipinski definition) is 5. The summed E-state index contributed by atoms with van der Waals surface area (Å²) in [6, 6.07) is 3.03. The first kappa shape index (κ1) is 12.3. The molecule has 0 amide bonds. The predicted molar refractivity (Wildman–Crippen MR) is 62.8 cm³/mol. The fraction of sp³-hybridized carbons (Fsp3) is 0.500. The molecule has 1 aromatic heterocycles. The largest absolute Gasteiger partial charge is 0.383 e. The van der Waals surface area contributed by atoms with Crippen molar-refractivity contribution in [3.8, 4) is 0 Å². The zero-order valence-electron chi connectivity index (χ0n) is 9.54. The third-order valence-electron chi connectivity index (χ3n) is 2.86. The van der Waals surface area contributed by atoms with Crippen LogP contribution in [0.1, 0.15) is 6.42 Å². The van der Waals surface area contributed by atoms with Gasteiger partial charge < -0.3 is 10.5 Å². The highest BCUT2D eigenvalue weighted by Crippen LogP contribution is 2.24. The number of pyridine rings is 1. The summed E-state index contributed by atoms with van der Waals surface area (Å²) < 4.78 is 31.1. The van der Waals surface area contributed by atoms with Crippen molar-refractivity contribution in [1.82, 2.24) is 9.29 Å². The lowest BCUT2D eigenvalue weighted by Gasteiger charge is -2.16. The van der Waals surface area contributed by atoms with E-state index < -0.39 is 10.0 Å². The van der Waals surface area contributed by atoms with E-state index in [4.69, 9.17) is 10.5 Å². The van der Waals surface area contributed by atoms with E-state index in [9.17, 15) is 8.42 Å². The molecule has 6 nitrogen and oxygen atoms in total. The maximum atomic E-state index is 12.3. The minimum absolute atomic E-state index is 0.0355. The van der Waals surface area contributed by atoms with Crippen LogP contribution in [-0.2, 0) is 14.8 Å². The van der Waals surface area contributed by atoms with Gasteiger partial charge in [-0.3, -0.25) is 0 Å². The highest BCUT2D eigenvalue weighted by atomic mass is 32.2. The second-order valence-corrected chi connectivity index (χ2v) is 5.80. The van der Waals surface area contributed by atoms with E-state index in [1.807, 2.05) is 0 Å². The van der Waals surface area contributed by atoms with Crippen LogP contribution >= 0.6 is 0 Å². The number of sulfonamides is 1. The first-order valence-electron chi connectivity index (χ1n) is 5.29. The number of rotatable bonds is 3. The van der Waals surface area contributed by atoms with Gasteiger partial charge in [-0.25, -0.2) is 13.4 Å². The molecule has 7 heteroatoms. The van der Waals surface area contributed by atoms with Crippen molar-refractivity contribution in [3.05, 3.63) is 18.3 Å². The van der Waals surface area contributed by atoms with Crippen LogP contribution in [0.25, 0.3) is 0 Å². The lowest BCUT2D eigenvalue weighted by atomic mass is 10.3. The van der Waals surface area contributed by atoms with Crippen LogP contribution in [0.5, 0.6) is 0 Å². The number of aromatic nitrogens is 1. The normalized spacial score (nSPS) is 21.8. The molecule has 1 unspecified atom stereocenters. The molecule has 1 aromatic rings. The third kappa shape index (κ3) is 2.26. The molecule has 1 aliphatic rings. The van der Waals surface area contributed by atoms with Gasteiger partial charge in [0.1, 0.15) is 10.7 Å². The summed E-state index contributed by atoms with van der Waals surface area (Å²) in [5.41, 5.74) is 5.59. The molecule has 2 N–H and O–H groups in total. The van der Waals surface area contributed by atoms with Crippen molar-refractivity contribution in [2.45, 2.75) is 17.4 Å². The maximum Gasteiger partial charge on any atom is 0.246 e. The van der Waals surface area contributed by atoms with Gasteiger partial charge in [0.2, 0.25) is 10.0 Å². The van der Waals surface area contributed by atoms with Crippen molar-refractivity contribution in [2.75, 3.05) is 25.9 Å². The highest BCUT2D eigenvalue weighted by Gasteiger charge is 2.33. The van der Waals surface area contributed by atoms with Gasteiger partial charge in [-0.05, 0) is 18.6 Å². The van der Waals surface area contributed by atoms with Crippen molar-refractivity contribution in [3.63, 3.8) is 0 Å². The fourth-order valence-electron chi connectivity index (χ4n) is 1.87. The highest BCUT2D eigenvalue weighted by molar-refractivity contribution is 7.89. The standard InChI is InChI=1S/C10H15N3O3S/c1-16-8-4-6-13(7-8)17(14,15)9-3-2-5-12-10(9)11/h2-3,5,8H,4,6-7H2,1H3,(H2,11,12). The Morgan fingerprint density at radius 3 is 2.94 bits per heavy atom. The molecule has 94 valence electrons. The summed E-state index contributed by atoms with van der Waals surface area (Å²) in [5, 5.41) is 0. The maximum absolute atomic E-state index is 12.3. The molecular weight excluding hydrogens is 242 g/mol. The van der Waals surface area contributed by atoms with E-state index in [1.54, 1.807) is 13.2 Å². The molecule has 0 saturated carbocycles. The molecule has 17 heavy (non-hydrogen) atoms. The Labute approximate surface area is 100 Å². The number of anilines is 1. The molecule has 2 rings (SSSR count). The van der Waals surface area contributed by atoms with Crippen LogP contribution < -0.4 is 5.73 Å². The number of ether oxygens (including phenoxy) is 1. The van der Waals surface area contributed by atoms with Gasteiger partial charge in [-0.1, -0.05) is 0 Å². The van der Waals surface area contributed by atoms with E-state index >= 15 is 0 Å². The van der Waals surface area contributed by atoms with Gasteiger partial charge in [0, 0.05) is 26.4 Å². The molecule has 0 spiro atoms. The van der Waals surface area contributed by atoms with Crippen LogP contribution in [0.2, 0.25) is 0 Å². The molecule has 0 radical (unpaired) electrons. The molecule has 1 aliphatic heterocycles. The molecule has 0 bridgehead atoms. The number of nitrogens with two attached hydrogens (primary N) is 1. The third-order valence-corrected chi connectivity index (χ3v) is 4.77. The van der Waals surface area contributed by atoms with Gasteiger partial charge in [-0.2, -0.15) is 4.31 Å². The summed E-state index contributed by atoms with van der Waals surface area (Å²) in [4.78, 5) is 3.86. The summed E-state index contributed by atoms with van der Waals surface area (Å²) in [6.45, 7) is 0.822. The Hall–Kier alpha value is -1.18. The lowest BCUT2D eigenvalue weighted by molar-refractivity contribution is 0.115. The average Bonchev–Trinajstić information content (AvgIpc) is 2.78. The minimum atomic E-state index is -3.55. The lowest BCUT2D eigenvalue weighted by Crippen LogP contribution is -2.30.